The van der Waals surface area contributed by atoms with Gasteiger partial charge in [0.15, 0.2) is 0 Å². The Labute approximate surface area is 186 Å². The highest BCUT2D eigenvalue weighted by molar-refractivity contribution is 7.89. The molecule has 0 aromatic heterocycles. The van der Waals surface area contributed by atoms with Gasteiger partial charge in [-0.3, -0.25) is 4.79 Å². The quantitative estimate of drug-likeness (QED) is 0.615. The fourth-order valence-corrected chi connectivity index (χ4v) is 5.23. The second-order valence-corrected chi connectivity index (χ2v) is 9.57. The second kappa shape index (κ2) is 9.83. The number of hydrogen-bond donors (Lipinski definition) is 1. The third kappa shape index (κ3) is 5.35. The minimum Gasteiger partial charge on any atom is -0.495 e. The second-order valence-electron chi connectivity index (χ2n) is 6.82. The van der Waals surface area contributed by atoms with E-state index in [1.807, 2.05) is 0 Å². The molecular weight excluding hydrogens is 447 g/mol. The van der Waals surface area contributed by atoms with Gasteiger partial charge in [0.05, 0.1) is 17.8 Å². The molecule has 1 aliphatic heterocycles. The molecular formula is C21H22Cl2N2O4S. The third-order valence-electron chi connectivity index (χ3n) is 4.73. The highest BCUT2D eigenvalue weighted by atomic mass is 35.5. The molecule has 1 heterocycles. The zero-order valence-corrected chi connectivity index (χ0v) is 18.7. The number of carbonyl (C=O) groups is 1. The minimum atomic E-state index is -3.68. The summed E-state index contributed by atoms with van der Waals surface area (Å²) in [7, 11) is -2.25. The van der Waals surface area contributed by atoms with Crippen molar-refractivity contribution in [1.82, 2.24) is 4.31 Å². The Hall–Kier alpha value is -2.06. The van der Waals surface area contributed by atoms with E-state index in [1.165, 1.54) is 29.6 Å². The van der Waals surface area contributed by atoms with Crippen molar-refractivity contribution in [2.24, 2.45) is 0 Å². The van der Waals surface area contributed by atoms with E-state index in [-0.39, 0.29) is 10.6 Å². The molecule has 0 radical (unpaired) electrons. The van der Waals surface area contributed by atoms with Gasteiger partial charge >= 0.3 is 0 Å². The number of carbonyl (C=O) groups excluding carboxylic acids is 1. The van der Waals surface area contributed by atoms with Crippen LogP contribution in [0.25, 0.3) is 6.08 Å². The number of hydrogen-bond acceptors (Lipinski definition) is 4. The van der Waals surface area contributed by atoms with E-state index in [4.69, 9.17) is 27.9 Å². The molecule has 1 fully saturated rings. The zero-order valence-electron chi connectivity index (χ0n) is 16.4. The molecule has 0 saturated carbocycles. The number of halogens is 2. The van der Waals surface area contributed by atoms with E-state index >= 15 is 0 Å². The van der Waals surface area contributed by atoms with Gasteiger partial charge in [-0.1, -0.05) is 35.7 Å². The molecule has 1 aliphatic rings. The molecule has 0 atom stereocenters. The average Bonchev–Trinajstić information content (AvgIpc) is 2.75. The molecule has 3 rings (SSSR count). The summed E-state index contributed by atoms with van der Waals surface area (Å²) < 4.78 is 32.9. The first-order chi connectivity index (χ1) is 14.3. The molecule has 0 bridgehead atoms. The van der Waals surface area contributed by atoms with Crippen molar-refractivity contribution in [1.29, 1.82) is 0 Å². The number of anilines is 1. The van der Waals surface area contributed by atoms with Crippen molar-refractivity contribution in [3.63, 3.8) is 0 Å². The number of benzene rings is 2. The first-order valence-electron chi connectivity index (χ1n) is 9.43. The van der Waals surface area contributed by atoms with E-state index in [0.29, 0.717) is 34.4 Å². The molecule has 1 amide bonds. The lowest BCUT2D eigenvalue weighted by atomic mass is 10.2. The Morgan fingerprint density at radius 1 is 1.10 bits per heavy atom. The van der Waals surface area contributed by atoms with Crippen LogP contribution >= 0.6 is 23.2 Å². The number of nitrogens with zero attached hydrogens (tertiary/aromatic N) is 1. The fraction of sp³-hybridized carbons (Fsp3) is 0.286. The van der Waals surface area contributed by atoms with Crippen LogP contribution in [0.15, 0.2) is 47.4 Å². The van der Waals surface area contributed by atoms with Gasteiger partial charge < -0.3 is 10.1 Å². The van der Waals surface area contributed by atoms with Crippen molar-refractivity contribution in [2.45, 2.75) is 24.2 Å². The predicted molar refractivity (Wildman–Crippen MR) is 120 cm³/mol. The molecule has 6 nitrogen and oxygen atoms in total. The standard InChI is InChI=1S/C21H22Cl2N2O4S/c1-29-19-9-5-15(13-20(19)30(27,28)25-11-3-2-4-12-25)6-10-21(26)24-18-14-16(22)7-8-17(18)23/h5-10,13-14H,2-4,11-12H2,1H3,(H,24,26)/b10-6+. The topological polar surface area (TPSA) is 75.7 Å². The van der Waals surface area contributed by atoms with Gasteiger partial charge in [-0.2, -0.15) is 4.31 Å². The Balaban J connectivity index is 1.82. The van der Waals surface area contributed by atoms with E-state index in [2.05, 4.69) is 5.32 Å². The monoisotopic (exact) mass is 468 g/mol. The normalized spacial score (nSPS) is 15.3. The van der Waals surface area contributed by atoms with E-state index in [1.54, 1.807) is 30.3 Å². The van der Waals surface area contributed by atoms with Crippen LogP contribution in [0.4, 0.5) is 5.69 Å². The summed E-state index contributed by atoms with van der Waals surface area (Å²) in [5.41, 5.74) is 0.945. The lowest BCUT2D eigenvalue weighted by Gasteiger charge is -2.26. The van der Waals surface area contributed by atoms with Crippen LogP contribution in [0.2, 0.25) is 10.0 Å². The van der Waals surface area contributed by atoms with E-state index in [9.17, 15) is 13.2 Å². The van der Waals surface area contributed by atoms with Crippen molar-refractivity contribution in [3.8, 4) is 5.75 Å². The summed E-state index contributed by atoms with van der Waals surface area (Å²) in [4.78, 5) is 12.3. The molecule has 9 heteroatoms. The van der Waals surface area contributed by atoms with Crippen molar-refractivity contribution in [2.75, 3.05) is 25.5 Å². The van der Waals surface area contributed by atoms with Gasteiger partial charge in [0, 0.05) is 24.2 Å². The average molecular weight is 469 g/mol. The largest absolute Gasteiger partial charge is 0.495 e. The summed E-state index contributed by atoms with van der Waals surface area (Å²) in [5, 5.41) is 3.45. The van der Waals surface area contributed by atoms with Crippen LogP contribution in [0.5, 0.6) is 5.75 Å². The molecule has 160 valence electrons. The van der Waals surface area contributed by atoms with Crippen molar-refractivity contribution >= 4 is 50.9 Å². The molecule has 2 aromatic rings. The highest BCUT2D eigenvalue weighted by Gasteiger charge is 2.29. The SMILES string of the molecule is COc1ccc(/C=C/C(=O)Nc2cc(Cl)ccc2Cl)cc1S(=O)(=O)N1CCCCC1. The number of piperidine rings is 1. The highest BCUT2D eigenvalue weighted by Crippen LogP contribution is 2.30. The smallest absolute Gasteiger partial charge is 0.248 e. The number of rotatable bonds is 6. The zero-order chi connectivity index (χ0) is 21.7. The third-order valence-corrected chi connectivity index (χ3v) is 7.22. The van der Waals surface area contributed by atoms with Crippen LogP contribution in [-0.2, 0) is 14.8 Å². The number of ether oxygens (including phenoxy) is 1. The molecule has 30 heavy (non-hydrogen) atoms. The molecule has 0 spiro atoms. The molecule has 2 aromatic carbocycles. The maximum atomic E-state index is 13.1. The van der Waals surface area contributed by atoms with Crippen LogP contribution in [-0.4, -0.2) is 38.8 Å². The first kappa shape index (κ1) is 22.6. The summed E-state index contributed by atoms with van der Waals surface area (Å²) in [6.07, 6.45) is 5.54. The van der Waals surface area contributed by atoms with Gasteiger partial charge in [-0.05, 0) is 54.8 Å². The van der Waals surface area contributed by atoms with Gasteiger partial charge in [0.2, 0.25) is 15.9 Å². The summed E-state index contributed by atoms with van der Waals surface area (Å²) in [6.45, 7) is 0.989. The summed E-state index contributed by atoms with van der Waals surface area (Å²) >= 11 is 12.0. The van der Waals surface area contributed by atoms with Gasteiger partial charge in [-0.15, -0.1) is 0 Å². The Morgan fingerprint density at radius 2 is 1.83 bits per heavy atom. The number of methoxy groups -OCH3 is 1. The van der Waals surface area contributed by atoms with Crippen LogP contribution < -0.4 is 10.1 Å². The van der Waals surface area contributed by atoms with Crippen LogP contribution in [0.3, 0.4) is 0 Å². The molecule has 0 aliphatic carbocycles. The summed E-state index contributed by atoms with van der Waals surface area (Å²) in [5.74, 6) is -0.150. The van der Waals surface area contributed by atoms with Gasteiger partial charge in [0.25, 0.3) is 0 Å². The van der Waals surface area contributed by atoms with Gasteiger partial charge in [-0.25, -0.2) is 8.42 Å². The van der Waals surface area contributed by atoms with E-state index in [0.717, 1.165) is 19.3 Å². The first-order valence-corrected chi connectivity index (χ1v) is 11.6. The van der Waals surface area contributed by atoms with Crippen molar-refractivity contribution in [3.05, 3.63) is 58.1 Å². The molecule has 1 saturated heterocycles. The van der Waals surface area contributed by atoms with E-state index < -0.39 is 15.9 Å². The lowest BCUT2D eigenvalue weighted by Crippen LogP contribution is -2.35. The number of sulfonamides is 1. The fourth-order valence-electron chi connectivity index (χ4n) is 3.18. The minimum absolute atomic E-state index is 0.0901. The predicted octanol–water partition coefficient (Wildman–Crippen LogP) is 4.83. The van der Waals surface area contributed by atoms with Gasteiger partial charge in [0.1, 0.15) is 10.6 Å². The Morgan fingerprint density at radius 3 is 2.53 bits per heavy atom. The molecule has 1 N–H and O–H groups in total. The Bertz CT molecular complexity index is 1060. The number of amides is 1. The Kier molecular flexibility index (Phi) is 7.41. The maximum Gasteiger partial charge on any atom is 0.248 e. The maximum absolute atomic E-state index is 13.1. The number of nitrogens with one attached hydrogen (secondary N) is 1. The lowest BCUT2D eigenvalue weighted by molar-refractivity contribution is -0.111. The molecule has 0 unspecified atom stereocenters. The van der Waals surface area contributed by atoms with Crippen molar-refractivity contribution < 1.29 is 17.9 Å². The van der Waals surface area contributed by atoms with Crippen LogP contribution in [0, 0.1) is 0 Å². The van der Waals surface area contributed by atoms with Crippen LogP contribution in [0.1, 0.15) is 24.8 Å². The summed E-state index contributed by atoms with van der Waals surface area (Å²) in [6, 6.07) is 9.54.